The molecule has 3 rings (SSSR count). The van der Waals surface area contributed by atoms with E-state index in [1.54, 1.807) is 4.90 Å². The van der Waals surface area contributed by atoms with Crippen molar-refractivity contribution in [1.82, 2.24) is 20.0 Å². The normalized spacial score (nSPS) is 26.1. The van der Waals surface area contributed by atoms with Gasteiger partial charge in [0.05, 0.1) is 13.2 Å². The van der Waals surface area contributed by atoms with Gasteiger partial charge in [-0.05, 0) is 25.7 Å². The van der Waals surface area contributed by atoms with Crippen LogP contribution < -0.4 is 5.32 Å². The summed E-state index contributed by atoms with van der Waals surface area (Å²) in [5.41, 5.74) is 0. The van der Waals surface area contributed by atoms with Gasteiger partial charge in [-0.3, -0.25) is 9.69 Å². The lowest BCUT2D eigenvalue weighted by Gasteiger charge is -2.42. The number of rotatable bonds is 4. The van der Waals surface area contributed by atoms with Gasteiger partial charge in [0.25, 0.3) is 0 Å². The minimum atomic E-state index is -0.143. The molecule has 7 nitrogen and oxygen atoms in total. The zero-order chi connectivity index (χ0) is 16.9. The van der Waals surface area contributed by atoms with Gasteiger partial charge in [0.2, 0.25) is 5.91 Å². The van der Waals surface area contributed by atoms with Gasteiger partial charge in [0.15, 0.2) is 0 Å². The summed E-state index contributed by atoms with van der Waals surface area (Å²) < 4.78 is 5.59. The van der Waals surface area contributed by atoms with E-state index in [0.717, 1.165) is 25.6 Å². The van der Waals surface area contributed by atoms with E-state index < -0.39 is 0 Å². The number of carbonyl (C=O) groups is 2. The average molecular weight is 338 g/mol. The van der Waals surface area contributed by atoms with Gasteiger partial charge in [-0.15, -0.1) is 0 Å². The molecule has 0 bridgehead atoms. The number of morpholine rings is 1. The maximum absolute atomic E-state index is 12.9. The fourth-order valence-corrected chi connectivity index (χ4v) is 3.69. The smallest absolute Gasteiger partial charge is 0.317 e. The number of urea groups is 1. The van der Waals surface area contributed by atoms with Crippen LogP contribution in [-0.2, 0) is 9.53 Å². The molecule has 136 valence electrons. The Bertz CT molecular complexity index is 447. The lowest BCUT2D eigenvalue weighted by atomic mass is 9.84. The standard InChI is InChI=1S/C17H30N4O3/c1-2-18-17(23)20-8-6-19(7-9-20)16(22)15-13-24-11-10-21(15)12-14-4-3-5-14/h14-15H,2-13H2,1H3,(H,18,23). The lowest BCUT2D eigenvalue weighted by molar-refractivity contribution is -0.145. The van der Waals surface area contributed by atoms with Crippen LogP contribution in [0.15, 0.2) is 0 Å². The summed E-state index contributed by atoms with van der Waals surface area (Å²) >= 11 is 0. The quantitative estimate of drug-likeness (QED) is 0.804. The zero-order valence-corrected chi connectivity index (χ0v) is 14.7. The van der Waals surface area contributed by atoms with E-state index in [1.807, 2.05) is 11.8 Å². The van der Waals surface area contributed by atoms with Crippen molar-refractivity contribution in [3.8, 4) is 0 Å². The van der Waals surface area contributed by atoms with Crippen LogP contribution in [0.25, 0.3) is 0 Å². The monoisotopic (exact) mass is 338 g/mol. The molecule has 7 heteroatoms. The second-order valence-corrected chi connectivity index (χ2v) is 7.03. The summed E-state index contributed by atoms with van der Waals surface area (Å²) in [6.45, 7) is 8.09. The number of nitrogens with one attached hydrogen (secondary N) is 1. The van der Waals surface area contributed by atoms with Crippen molar-refractivity contribution in [1.29, 1.82) is 0 Å². The molecule has 1 aliphatic carbocycles. The fourth-order valence-electron chi connectivity index (χ4n) is 3.69. The van der Waals surface area contributed by atoms with Gasteiger partial charge in [0.1, 0.15) is 6.04 Å². The minimum Gasteiger partial charge on any atom is -0.378 e. The second kappa shape index (κ2) is 8.16. The molecule has 3 fully saturated rings. The van der Waals surface area contributed by atoms with Crippen LogP contribution in [-0.4, -0.2) is 91.7 Å². The second-order valence-electron chi connectivity index (χ2n) is 7.03. The highest BCUT2D eigenvalue weighted by molar-refractivity contribution is 5.82. The van der Waals surface area contributed by atoms with Crippen LogP contribution in [0, 0.1) is 5.92 Å². The number of piperazine rings is 1. The summed E-state index contributed by atoms with van der Waals surface area (Å²) in [4.78, 5) is 30.8. The van der Waals surface area contributed by atoms with Gasteiger partial charge < -0.3 is 19.9 Å². The van der Waals surface area contributed by atoms with Crippen LogP contribution in [0.5, 0.6) is 0 Å². The lowest BCUT2D eigenvalue weighted by Crippen LogP contribution is -2.60. The van der Waals surface area contributed by atoms with Crippen molar-refractivity contribution in [3.63, 3.8) is 0 Å². The molecule has 3 aliphatic rings. The predicted octanol–water partition coefficient (Wildman–Crippen LogP) is 0.361. The number of amides is 3. The van der Waals surface area contributed by atoms with Crippen LogP contribution >= 0.6 is 0 Å². The summed E-state index contributed by atoms with van der Waals surface area (Å²) in [5, 5.41) is 2.82. The molecular formula is C17H30N4O3. The van der Waals surface area contributed by atoms with Crippen LogP contribution in [0.3, 0.4) is 0 Å². The molecular weight excluding hydrogens is 308 g/mol. The minimum absolute atomic E-state index is 0.0304. The van der Waals surface area contributed by atoms with E-state index in [2.05, 4.69) is 10.2 Å². The Morgan fingerprint density at radius 3 is 2.42 bits per heavy atom. The highest BCUT2D eigenvalue weighted by Gasteiger charge is 2.36. The predicted molar refractivity (Wildman–Crippen MR) is 90.7 cm³/mol. The zero-order valence-electron chi connectivity index (χ0n) is 14.7. The maximum Gasteiger partial charge on any atom is 0.317 e. The summed E-state index contributed by atoms with van der Waals surface area (Å²) in [7, 11) is 0. The topological polar surface area (TPSA) is 65.1 Å². The number of nitrogens with zero attached hydrogens (tertiary/aromatic N) is 3. The first-order valence-electron chi connectivity index (χ1n) is 9.32. The Morgan fingerprint density at radius 2 is 1.79 bits per heavy atom. The Kier molecular flexibility index (Phi) is 5.94. The van der Waals surface area contributed by atoms with Gasteiger partial charge >= 0.3 is 6.03 Å². The van der Waals surface area contributed by atoms with E-state index >= 15 is 0 Å². The van der Waals surface area contributed by atoms with Crippen molar-refractivity contribution >= 4 is 11.9 Å². The van der Waals surface area contributed by atoms with Crippen molar-refractivity contribution in [2.45, 2.75) is 32.2 Å². The Hall–Kier alpha value is -1.34. The third kappa shape index (κ3) is 4.00. The molecule has 1 N–H and O–H groups in total. The maximum atomic E-state index is 12.9. The molecule has 1 saturated carbocycles. The molecule has 24 heavy (non-hydrogen) atoms. The van der Waals surface area contributed by atoms with Gasteiger partial charge in [-0.2, -0.15) is 0 Å². The largest absolute Gasteiger partial charge is 0.378 e. The van der Waals surface area contributed by atoms with Crippen molar-refractivity contribution in [3.05, 3.63) is 0 Å². The Morgan fingerprint density at radius 1 is 1.08 bits per heavy atom. The van der Waals surface area contributed by atoms with Gasteiger partial charge in [-0.25, -0.2) is 4.79 Å². The van der Waals surface area contributed by atoms with Gasteiger partial charge in [-0.1, -0.05) is 6.42 Å². The molecule has 1 unspecified atom stereocenters. The van der Waals surface area contributed by atoms with E-state index in [4.69, 9.17) is 4.74 Å². The molecule has 0 aromatic rings. The number of carbonyl (C=O) groups excluding carboxylic acids is 2. The van der Waals surface area contributed by atoms with E-state index in [-0.39, 0.29) is 18.0 Å². The summed E-state index contributed by atoms with van der Waals surface area (Å²) in [6, 6.07) is -0.174. The molecule has 0 radical (unpaired) electrons. The van der Waals surface area contributed by atoms with Gasteiger partial charge in [0, 0.05) is 45.8 Å². The van der Waals surface area contributed by atoms with Crippen molar-refractivity contribution in [2.75, 3.05) is 59.0 Å². The van der Waals surface area contributed by atoms with E-state index in [0.29, 0.717) is 39.3 Å². The molecule has 0 aromatic heterocycles. The first-order chi connectivity index (χ1) is 11.7. The molecule has 1 atom stereocenters. The highest BCUT2D eigenvalue weighted by atomic mass is 16.5. The summed E-state index contributed by atoms with van der Waals surface area (Å²) in [6.07, 6.45) is 3.92. The third-order valence-electron chi connectivity index (χ3n) is 5.45. The molecule has 0 aromatic carbocycles. The number of hydrogen-bond donors (Lipinski definition) is 1. The highest BCUT2D eigenvalue weighted by Crippen LogP contribution is 2.28. The number of hydrogen-bond acceptors (Lipinski definition) is 4. The van der Waals surface area contributed by atoms with Crippen LogP contribution in [0.4, 0.5) is 4.79 Å². The Labute approximate surface area is 144 Å². The molecule has 2 aliphatic heterocycles. The molecule has 2 heterocycles. The Balaban J connectivity index is 1.52. The first kappa shape index (κ1) is 17.5. The summed E-state index contributed by atoms with van der Waals surface area (Å²) in [5.74, 6) is 0.928. The molecule has 3 amide bonds. The van der Waals surface area contributed by atoms with Crippen LogP contribution in [0.1, 0.15) is 26.2 Å². The fraction of sp³-hybridized carbons (Fsp3) is 0.882. The SMILES string of the molecule is CCNC(=O)N1CCN(C(=O)C2COCCN2CC2CCC2)CC1. The van der Waals surface area contributed by atoms with Crippen molar-refractivity contribution in [2.24, 2.45) is 5.92 Å². The van der Waals surface area contributed by atoms with Crippen molar-refractivity contribution < 1.29 is 14.3 Å². The first-order valence-corrected chi connectivity index (χ1v) is 9.32. The van der Waals surface area contributed by atoms with E-state index in [1.165, 1.54) is 19.3 Å². The third-order valence-corrected chi connectivity index (χ3v) is 5.45. The number of ether oxygens (including phenoxy) is 1. The molecule has 0 spiro atoms. The average Bonchev–Trinajstić information content (AvgIpc) is 2.58. The molecule has 2 saturated heterocycles. The van der Waals surface area contributed by atoms with Crippen LogP contribution in [0.2, 0.25) is 0 Å². The van der Waals surface area contributed by atoms with E-state index in [9.17, 15) is 9.59 Å².